The maximum absolute atomic E-state index is 14.2. The standard InChI is InChI=1S/C30H32IN3O8S/c1-7-33(8-2)29(38)25-16(3)32-30-34(26(25)19-14-18(39-4)9-10-21(19)40-5)28(37)23(43-30)13-17-11-20(31)27(22(12-17)41-6)42-15-24(35)36/h9-14,26H,7-8,15H2,1-6H3,(H,35,36)/b23-13+/t26-/m0/s1. The summed E-state index contributed by atoms with van der Waals surface area (Å²) in [7, 11) is 4.54. The van der Waals surface area contributed by atoms with Crippen LogP contribution in [0, 0.1) is 3.57 Å². The van der Waals surface area contributed by atoms with Crippen LogP contribution in [0.3, 0.4) is 0 Å². The Balaban J connectivity index is 1.96. The van der Waals surface area contributed by atoms with Crippen molar-refractivity contribution in [2.45, 2.75) is 26.8 Å². The van der Waals surface area contributed by atoms with Crippen LogP contribution in [0.25, 0.3) is 6.08 Å². The van der Waals surface area contributed by atoms with Gasteiger partial charge in [0.25, 0.3) is 11.5 Å². The van der Waals surface area contributed by atoms with Crippen molar-refractivity contribution in [2.75, 3.05) is 41.0 Å². The number of carbonyl (C=O) groups excluding carboxylic acids is 1. The highest BCUT2D eigenvalue weighted by atomic mass is 127. The van der Waals surface area contributed by atoms with Crippen molar-refractivity contribution in [1.82, 2.24) is 9.47 Å². The number of carboxylic acids is 1. The molecule has 1 atom stereocenters. The quantitative estimate of drug-likeness (QED) is 0.299. The largest absolute Gasteiger partial charge is 0.497 e. The number of hydrogen-bond donors (Lipinski definition) is 1. The van der Waals surface area contributed by atoms with Crippen LogP contribution < -0.4 is 33.8 Å². The molecule has 0 saturated heterocycles. The normalized spacial score (nSPS) is 14.6. The van der Waals surface area contributed by atoms with Gasteiger partial charge in [-0.2, -0.15) is 0 Å². The van der Waals surface area contributed by atoms with E-state index in [0.717, 1.165) is 0 Å². The molecular formula is C30H32IN3O8S. The minimum atomic E-state index is -1.11. The van der Waals surface area contributed by atoms with Crippen molar-refractivity contribution in [3.05, 3.63) is 76.0 Å². The van der Waals surface area contributed by atoms with Gasteiger partial charge >= 0.3 is 5.97 Å². The zero-order valence-electron chi connectivity index (χ0n) is 24.6. The molecule has 0 spiro atoms. The lowest BCUT2D eigenvalue weighted by Gasteiger charge is -2.30. The molecule has 0 aliphatic carbocycles. The monoisotopic (exact) mass is 721 g/mol. The number of methoxy groups -OCH3 is 3. The molecule has 0 radical (unpaired) electrons. The Kier molecular flexibility index (Phi) is 10.2. The fourth-order valence-corrected chi connectivity index (χ4v) is 6.70. The predicted molar refractivity (Wildman–Crippen MR) is 170 cm³/mol. The van der Waals surface area contributed by atoms with Crippen molar-refractivity contribution >= 4 is 51.9 Å². The average molecular weight is 722 g/mol. The van der Waals surface area contributed by atoms with E-state index in [2.05, 4.69) is 0 Å². The number of likely N-dealkylation sites (N-methyl/N-ethyl adjacent to an activating group) is 1. The second-order valence-corrected chi connectivity index (χ2v) is 11.6. The van der Waals surface area contributed by atoms with Crippen LogP contribution in [0.2, 0.25) is 0 Å². The summed E-state index contributed by atoms with van der Waals surface area (Å²) >= 11 is 3.23. The Hall–Kier alpha value is -3.85. The number of fused-ring (bicyclic) bond motifs is 1. The highest BCUT2D eigenvalue weighted by Crippen LogP contribution is 2.38. The first-order valence-electron chi connectivity index (χ1n) is 13.3. The van der Waals surface area contributed by atoms with Crippen LogP contribution in [-0.4, -0.2) is 67.5 Å². The lowest BCUT2D eigenvalue weighted by Crippen LogP contribution is -2.43. The fourth-order valence-electron chi connectivity index (χ4n) is 4.87. The molecule has 228 valence electrons. The molecule has 43 heavy (non-hydrogen) atoms. The van der Waals surface area contributed by atoms with Gasteiger partial charge in [-0.15, -0.1) is 0 Å². The first kappa shape index (κ1) is 32.1. The Labute approximate surface area is 265 Å². The Morgan fingerprint density at radius 2 is 1.79 bits per heavy atom. The van der Waals surface area contributed by atoms with Gasteiger partial charge in [-0.1, -0.05) is 11.3 Å². The molecular weight excluding hydrogens is 689 g/mol. The van der Waals surface area contributed by atoms with E-state index in [1.807, 2.05) is 36.4 Å². The van der Waals surface area contributed by atoms with Gasteiger partial charge < -0.3 is 29.0 Å². The number of rotatable bonds is 11. The number of ether oxygens (including phenoxy) is 4. The van der Waals surface area contributed by atoms with Crippen LogP contribution in [-0.2, 0) is 9.59 Å². The zero-order valence-corrected chi connectivity index (χ0v) is 27.6. The van der Waals surface area contributed by atoms with E-state index in [1.54, 1.807) is 55.3 Å². The minimum absolute atomic E-state index is 0.216. The highest BCUT2D eigenvalue weighted by molar-refractivity contribution is 14.1. The van der Waals surface area contributed by atoms with Gasteiger partial charge in [0.1, 0.15) is 17.5 Å². The smallest absolute Gasteiger partial charge is 0.341 e. The number of carbonyl (C=O) groups is 2. The number of nitrogens with zero attached hydrogens (tertiary/aromatic N) is 3. The van der Waals surface area contributed by atoms with Crippen LogP contribution in [0.4, 0.5) is 0 Å². The summed E-state index contributed by atoms with van der Waals surface area (Å²) in [5.74, 6) is 0.342. The van der Waals surface area contributed by atoms with E-state index in [4.69, 9.17) is 29.0 Å². The number of thiazole rings is 1. The summed E-state index contributed by atoms with van der Waals surface area (Å²) in [6.45, 7) is 6.04. The molecule has 4 rings (SSSR count). The van der Waals surface area contributed by atoms with Crippen LogP contribution >= 0.6 is 33.9 Å². The summed E-state index contributed by atoms with van der Waals surface area (Å²) in [5, 5.41) is 9.02. The number of halogens is 1. The van der Waals surface area contributed by atoms with Crippen LogP contribution in [0.5, 0.6) is 23.0 Å². The summed E-state index contributed by atoms with van der Waals surface area (Å²) in [5.41, 5.74) is 1.78. The molecule has 1 aliphatic heterocycles. The number of carboxylic acid groups (broad SMARTS) is 1. The molecule has 0 bridgehead atoms. The Morgan fingerprint density at radius 3 is 2.40 bits per heavy atom. The lowest BCUT2D eigenvalue weighted by atomic mass is 9.93. The van der Waals surface area contributed by atoms with Crippen LogP contribution in [0.1, 0.15) is 37.9 Å². The molecule has 0 fully saturated rings. The van der Waals surface area contributed by atoms with Gasteiger partial charge in [-0.3, -0.25) is 14.2 Å². The molecule has 2 heterocycles. The van der Waals surface area contributed by atoms with E-state index >= 15 is 0 Å². The molecule has 1 amide bonds. The first-order valence-corrected chi connectivity index (χ1v) is 15.2. The van der Waals surface area contributed by atoms with Gasteiger partial charge in [0, 0.05) is 18.7 Å². The first-order chi connectivity index (χ1) is 20.6. The van der Waals surface area contributed by atoms with E-state index in [1.165, 1.54) is 30.1 Å². The number of aliphatic carboxylic acids is 1. The summed E-state index contributed by atoms with van der Waals surface area (Å²) < 4.78 is 24.6. The van der Waals surface area contributed by atoms with Gasteiger partial charge in [-0.05, 0) is 85.3 Å². The topological polar surface area (TPSA) is 129 Å². The molecule has 1 aromatic heterocycles. The average Bonchev–Trinajstić information content (AvgIpc) is 3.29. The van der Waals surface area contributed by atoms with E-state index < -0.39 is 18.6 Å². The highest BCUT2D eigenvalue weighted by Gasteiger charge is 2.36. The third-order valence-electron chi connectivity index (χ3n) is 6.92. The number of allylic oxidation sites excluding steroid dienone is 1. The molecule has 0 saturated carbocycles. The minimum Gasteiger partial charge on any atom is -0.497 e. The lowest BCUT2D eigenvalue weighted by molar-refractivity contribution is -0.139. The van der Waals surface area contributed by atoms with E-state index in [0.29, 0.717) is 71.4 Å². The van der Waals surface area contributed by atoms with Crippen molar-refractivity contribution in [2.24, 2.45) is 4.99 Å². The van der Waals surface area contributed by atoms with Crippen LogP contribution in [0.15, 0.2) is 51.4 Å². The van der Waals surface area contributed by atoms with Crippen molar-refractivity contribution in [1.29, 1.82) is 0 Å². The second-order valence-electron chi connectivity index (χ2n) is 9.38. The van der Waals surface area contributed by atoms with Crippen molar-refractivity contribution in [3.8, 4) is 23.0 Å². The van der Waals surface area contributed by atoms with Gasteiger partial charge in [0.2, 0.25) is 0 Å². The predicted octanol–water partition coefficient (Wildman–Crippen LogP) is 3.20. The molecule has 3 aromatic rings. The number of hydrogen-bond acceptors (Lipinski definition) is 9. The summed E-state index contributed by atoms with van der Waals surface area (Å²) in [6.07, 6.45) is 1.71. The molecule has 1 aliphatic rings. The van der Waals surface area contributed by atoms with Gasteiger partial charge in [-0.25, -0.2) is 9.79 Å². The molecule has 0 unspecified atom stereocenters. The maximum Gasteiger partial charge on any atom is 0.341 e. The molecule has 2 aromatic carbocycles. The molecule has 11 nitrogen and oxygen atoms in total. The zero-order chi connectivity index (χ0) is 31.4. The molecule has 1 N–H and O–H groups in total. The maximum atomic E-state index is 14.2. The Bertz CT molecular complexity index is 1770. The number of benzene rings is 2. The number of aromatic nitrogens is 1. The third-order valence-corrected chi connectivity index (χ3v) is 8.71. The second kappa shape index (κ2) is 13.6. The van der Waals surface area contributed by atoms with E-state index in [-0.39, 0.29) is 11.5 Å². The SMILES string of the molecule is CCN(CC)C(=O)C1=C(C)N=c2s/c(=C/c3cc(I)c(OCC(=O)O)c(OC)c3)c(=O)n2[C@H]1c1cc(OC)ccc1OC. The molecule has 13 heteroatoms. The fraction of sp³-hybridized carbons (Fsp3) is 0.333. The van der Waals surface area contributed by atoms with E-state index in [9.17, 15) is 14.4 Å². The van der Waals surface area contributed by atoms with Crippen molar-refractivity contribution in [3.63, 3.8) is 0 Å². The van der Waals surface area contributed by atoms with Gasteiger partial charge in [0.15, 0.2) is 22.9 Å². The van der Waals surface area contributed by atoms with Gasteiger partial charge in [0.05, 0.1) is 40.7 Å². The Morgan fingerprint density at radius 1 is 1.09 bits per heavy atom. The van der Waals surface area contributed by atoms with Crippen molar-refractivity contribution < 1.29 is 33.6 Å². The number of amides is 1. The third kappa shape index (κ3) is 6.42. The summed E-state index contributed by atoms with van der Waals surface area (Å²) in [6, 6.07) is 7.90. The summed E-state index contributed by atoms with van der Waals surface area (Å²) in [4.78, 5) is 46.0.